The molecule has 3 rings (SSSR count). The molecule has 0 aromatic carbocycles. The fourth-order valence-corrected chi connectivity index (χ4v) is 3.33. The quantitative estimate of drug-likeness (QED) is 0.854. The highest BCUT2D eigenvalue weighted by Gasteiger charge is 2.37. The lowest BCUT2D eigenvalue weighted by Gasteiger charge is -2.44. The monoisotopic (exact) mass is 298 g/mol. The number of aryl methyl sites for hydroxylation is 1. The Morgan fingerprint density at radius 2 is 1.90 bits per heavy atom. The van der Waals surface area contributed by atoms with Crippen molar-refractivity contribution in [3.63, 3.8) is 0 Å². The third kappa shape index (κ3) is 2.99. The lowest BCUT2D eigenvalue weighted by molar-refractivity contribution is 0.0491. The number of carbonyl (C=O) groups is 1. The van der Waals surface area contributed by atoms with Crippen molar-refractivity contribution in [2.45, 2.75) is 25.7 Å². The van der Waals surface area contributed by atoms with Crippen molar-refractivity contribution >= 4 is 18.3 Å². The summed E-state index contributed by atoms with van der Waals surface area (Å²) in [5, 5.41) is 3.43. The van der Waals surface area contributed by atoms with Gasteiger partial charge in [0.2, 0.25) is 0 Å². The van der Waals surface area contributed by atoms with Gasteiger partial charge in [-0.25, -0.2) is 4.98 Å². The van der Waals surface area contributed by atoms with Crippen molar-refractivity contribution in [2.75, 3.05) is 26.2 Å². The smallest absolute Gasteiger partial charge is 0.274 e. The van der Waals surface area contributed by atoms with E-state index < -0.39 is 0 Å². The van der Waals surface area contributed by atoms with E-state index in [1.54, 1.807) is 12.5 Å². The minimum Gasteiger partial charge on any atom is -0.340 e. The van der Waals surface area contributed by atoms with Crippen LogP contribution in [0, 0.1) is 5.41 Å². The Morgan fingerprint density at radius 1 is 1.25 bits per heavy atom. The molecule has 5 nitrogen and oxygen atoms in total. The fourth-order valence-electron chi connectivity index (χ4n) is 3.33. The van der Waals surface area contributed by atoms with Crippen molar-refractivity contribution < 1.29 is 4.79 Å². The molecule has 2 aliphatic rings. The summed E-state index contributed by atoms with van der Waals surface area (Å²) < 4.78 is 1.82. The Morgan fingerprint density at radius 3 is 2.45 bits per heavy atom. The number of hydrogen-bond acceptors (Lipinski definition) is 3. The Balaban J connectivity index is 0.00000147. The first-order chi connectivity index (χ1) is 9.19. The Kier molecular flexibility index (Phi) is 4.70. The summed E-state index contributed by atoms with van der Waals surface area (Å²) in [6.07, 6.45) is 8.31. The number of hydrogen-bond donors (Lipinski definition) is 1. The van der Waals surface area contributed by atoms with E-state index >= 15 is 0 Å². The first-order valence-corrected chi connectivity index (χ1v) is 7.17. The average Bonchev–Trinajstić information content (AvgIpc) is 2.87. The zero-order valence-corrected chi connectivity index (χ0v) is 12.8. The maximum absolute atomic E-state index is 12.3. The van der Waals surface area contributed by atoms with E-state index in [-0.39, 0.29) is 18.3 Å². The van der Waals surface area contributed by atoms with E-state index in [1.807, 2.05) is 16.5 Å². The average molecular weight is 299 g/mol. The second-order valence-corrected chi connectivity index (χ2v) is 5.97. The van der Waals surface area contributed by atoms with Crippen molar-refractivity contribution in [1.29, 1.82) is 0 Å². The van der Waals surface area contributed by atoms with Crippen molar-refractivity contribution in [1.82, 2.24) is 19.8 Å². The van der Waals surface area contributed by atoms with Gasteiger partial charge in [-0.15, -0.1) is 12.4 Å². The SMILES string of the molecule is Cl.Cn1cnc(C(=O)N2CCC3(CCNCC3)CC2)c1. The molecule has 0 unspecified atom stereocenters. The van der Waals surface area contributed by atoms with Gasteiger partial charge in [0.05, 0.1) is 6.33 Å². The largest absolute Gasteiger partial charge is 0.340 e. The molecule has 6 heteroatoms. The first-order valence-electron chi connectivity index (χ1n) is 7.17. The van der Waals surface area contributed by atoms with Crippen LogP contribution in [0.15, 0.2) is 12.5 Å². The van der Waals surface area contributed by atoms with E-state index in [2.05, 4.69) is 10.3 Å². The van der Waals surface area contributed by atoms with Crippen LogP contribution < -0.4 is 5.32 Å². The van der Waals surface area contributed by atoms with E-state index in [1.165, 1.54) is 12.8 Å². The zero-order chi connectivity index (χ0) is 13.3. The third-order valence-corrected chi connectivity index (χ3v) is 4.70. The van der Waals surface area contributed by atoms with Crippen LogP contribution in [0.1, 0.15) is 36.2 Å². The van der Waals surface area contributed by atoms with Gasteiger partial charge in [-0.3, -0.25) is 4.79 Å². The number of nitrogens with zero attached hydrogens (tertiary/aromatic N) is 3. The van der Waals surface area contributed by atoms with Gasteiger partial charge in [0.25, 0.3) is 5.91 Å². The lowest BCUT2D eigenvalue weighted by atomic mass is 9.71. The van der Waals surface area contributed by atoms with Gasteiger partial charge >= 0.3 is 0 Å². The molecule has 20 heavy (non-hydrogen) atoms. The standard InChI is InChI=1S/C14H22N4O.ClH/c1-17-10-12(16-11-17)13(19)18-8-4-14(5-9-18)2-6-15-7-3-14;/h10-11,15H,2-9H2,1H3;1H. The van der Waals surface area contributed by atoms with Gasteiger partial charge in [-0.05, 0) is 44.2 Å². The predicted molar refractivity (Wildman–Crippen MR) is 80.1 cm³/mol. The summed E-state index contributed by atoms with van der Waals surface area (Å²) in [7, 11) is 1.89. The van der Waals surface area contributed by atoms with E-state index in [0.717, 1.165) is 39.0 Å². The van der Waals surface area contributed by atoms with Crippen LogP contribution in [0.4, 0.5) is 0 Å². The third-order valence-electron chi connectivity index (χ3n) is 4.70. The molecular formula is C14H23ClN4O. The normalized spacial score (nSPS) is 21.6. The second-order valence-electron chi connectivity index (χ2n) is 5.97. The van der Waals surface area contributed by atoms with E-state index in [0.29, 0.717) is 11.1 Å². The molecule has 0 atom stereocenters. The number of nitrogens with one attached hydrogen (secondary N) is 1. The molecule has 112 valence electrons. The number of aromatic nitrogens is 2. The minimum atomic E-state index is 0. The van der Waals surface area contributed by atoms with Crippen LogP contribution in [0.5, 0.6) is 0 Å². The highest BCUT2D eigenvalue weighted by atomic mass is 35.5. The number of amides is 1. The van der Waals surface area contributed by atoms with Gasteiger partial charge in [-0.2, -0.15) is 0 Å². The summed E-state index contributed by atoms with van der Waals surface area (Å²) in [6, 6.07) is 0. The lowest BCUT2D eigenvalue weighted by Crippen LogP contribution is -2.47. The number of rotatable bonds is 1. The van der Waals surface area contributed by atoms with Gasteiger partial charge < -0.3 is 14.8 Å². The Bertz CT molecular complexity index is 457. The van der Waals surface area contributed by atoms with Gasteiger partial charge in [0, 0.05) is 26.3 Å². The molecule has 3 heterocycles. The summed E-state index contributed by atoms with van der Waals surface area (Å²) in [6.45, 7) is 4.03. The Hall–Kier alpha value is -1.07. The highest BCUT2D eigenvalue weighted by Crippen LogP contribution is 2.39. The summed E-state index contributed by atoms with van der Waals surface area (Å²) >= 11 is 0. The number of halogens is 1. The number of imidazole rings is 1. The van der Waals surface area contributed by atoms with Crippen LogP contribution in [0.25, 0.3) is 0 Å². The molecule has 0 aliphatic carbocycles. The molecule has 0 radical (unpaired) electrons. The molecule has 0 saturated carbocycles. The molecule has 1 aromatic rings. The summed E-state index contributed by atoms with van der Waals surface area (Å²) in [5.74, 6) is 0.0874. The summed E-state index contributed by atoms with van der Waals surface area (Å²) in [4.78, 5) is 18.4. The molecule has 0 bridgehead atoms. The van der Waals surface area contributed by atoms with Crippen LogP contribution in [-0.2, 0) is 7.05 Å². The van der Waals surface area contributed by atoms with Crippen LogP contribution in [-0.4, -0.2) is 46.5 Å². The van der Waals surface area contributed by atoms with Crippen LogP contribution in [0.3, 0.4) is 0 Å². The Labute approximate surface area is 126 Å². The van der Waals surface area contributed by atoms with Crippen LogP contribution in [0.2, 0.25) is 0 Å². The molecule has 1 amide bonds. The topological polar surface area (TPSA) is 50.2 Å². The zero-order valence-electron chi connectivity index (χ0n) is 12.0. The van der Waals surface area contributed by atoms with Crippen LogP contribution >= 0.6 is 12.4 Å². The molecule has 2 fully saturated rings. The molecule has 1 N–H and O–H groups in total. The predicted octanol–water partition coefficient (Wildman–Crippen LogP) is 1.45. The maximum atomic E-state index is 12.3. The van der Waals surface area contributed by atoms with Gasteiger partial charge in [-0.1, -0.05) is 0 Å². The molecular weight excluding hydrogens is 276 g/mol. The van der Waals surface area contributed by atoms with Crippen molar-refractivity contribution in [3.8, 4) is 0 Å². The highest BCUT2D eigenvalue weighted by molar-refractivity contribution is 5.92. The number of piperidine rings is 2. The maximum Gasteiger partial charge on any atom is 0.274 e. The van der Waals surface area contributed by atoms with E-state index in [4.69, 9.17) is 0 Å². The number of likely N-dealkylation sites (tertiary alicyclic amines) is 1. The van der Waals surface area contributed by atoms with Crippen molar-refractivity contribution in [2.24, 2.45) is 12.5 Å². The molecule has 1 aromatic heterocycles. The number of carbonyl (C=O) groups excluding carboxylic acids is 1. The summed E-state index contributed by atoms with van der Waals surface area (Å²) in [5.41, 5.74) is 1.07. The van der Waals surface area contributed by atoms with Crippen molar-refractivity contribution in [3.05, 3.63) is 18.2 Å². The second kappa shape index (κ2) is 6.14. The van der Waals surface area contributed by atoms with E-state index in [9.17, 15) is 4.79 Å². The molecule has 2 aliphatic heterocycles. The fraction of sp³-hybridized carbons (Fsp3) is 0.714. The van der Waals surface area contributed by atoms with Gasteiger partial charge in [0.15, 0.2) is 0 Å². The molecule has 1 spiro atoms. The first kappa shape index (κ1) is 15.3. The minimum absolute atomic E-state index is 0. The van der Waals surface area contributed by atoms with Gasteiger partial charge in [0.1, 0.15) is 5.69 Å². The molecule has 2 saturated heterocycles.